The molecule has 2 aromatic rings. The Kier molecular flexibility index (Phi) is 3.80. The van der Waals surface area contributed by atoms with Gasteiger partial charge in [0.05, 0.1) is 5.69 Å². The number of aromatic hydroxyl groups is 1. The second-order valence-electron chi connectivity index (χ2n) is 4.27. The van der Waals surface area contributed by atoms with E-state index in [-0.39, 0.29) is 11.5 Å². The molecule has 1 aromatic carbocycles. The van der Waals surface area contributed by atoms with Crippen LogP contribution in [0.2, 0.25) is 0 Å². The largest absolute Gasteiger partial charge is 0.508 e. The molecule has 4 nitrogen and oxygen atoms in total. The number of hydrogen-bond donors (Lipinski definition) is 1. The van der Waals surface area contributed by atoms with E-state index in [1.165, 1.54) is 18.2 Å². The van der Waals surface area contributed by atoms with Crippen LogP contribution in [0.15, 0.2) is 36.5 Å². The first-order chi connectivity index (χ1) is 9.10. The predicted molar refractivity (Wildman–Crippen MR) is 74.1 cm³/mol. The number of carbonyl (C=O) groups excluding carboxylic acids is 1. The maximum absolute atomic E-state index is 11.9. The summed E-state index contributed by atoms with van der Waals surface area (Å²) in [6.45, 7) is 4.72. The van der Waals surface area contributed by atoms with Gasteiger partial charge < -0.3 is 5.11 Å². The van der Waals surface area contributed by atoms with E-state index in [0.29, 0.717) is 5.56 Å². The highest BCUT2D eigenvalue weighted by atomic mass is 16.3. The lowest BCUT2D eigenvalue weighted by molar-refractivity contribution is 0.104. The number of hydrogen-bond acceptors (Lipinski definition) is 3. The van der Waals surface area contributed by atoms with Gasteiger partial charge in [0, 0.05) is 23.9 Å². The number of allylic oxidation sites excluding steroid dienone is 1. The van der Waals surface area contributed by atoms with Crippen molar-refractivity contribution in [1.82, 2.24) is 9.78 Å². The maximum Gasteiger partial charge on any atom is 0.185 e. The fourth-order valence-corrected chi connectivity index (χ4v) is 1.78. The monoisotopic (exact) mass is 256 g/mol. The Morgan fingerprint density at radius 2 is 2.26 bits per heavy atom. The molecule has 98 valence electrons. The molecule has 1 aromatic heterocycles. The third kappa shape index (κ3) is 3.10. The topological polar surface area (TPSA) is 55.1 Å². The van der Waals surface area contributed by atoms with Crippen molar-refractivity contribution in [2.24, 2.45) is 0 Å². The van der Waals surface area contributed by atoms with Gasteiger partial charge in [-0.2, -0.15) is 5.10 Å². The Balaban J connectivity index is 2.18. The van der Waals surface area contributed by atoms with Gasteiger partial charge in [0.25, 0.3) is 0 Å². The number of phenolic OH excluding ortho intramolecular Hbond substituents is 1. The third-order valence-corrected chi connectivity index (χ3v) is 2.85. The highest BCUT2D eigenvalue weighted by Crippen LogP contribution is 2.13. The Bertz CT molecular complexity index is 627. The summed E-state index contributed by atoms with van der Waals surface area (Å²) in [6.07, 6.45) is 5.15. The lowest BCUT2D eigenvalue weighted by Gasteiger charge is -1.96. The van der Waals surface area contributed by atoms with Gasteiger partial charge in [0.2, 0.25) is 0 Å². The zero-order valence-corrected chi connectivity index (χ0v) is 11.0. The van der Waals surface area contributed by atoms with Crippen LogP contribution in [-0.2, 0) is 6.54 Å². The molecule has 1 heterocycles. The number of rotatable bonds is 4. The van der Waals surface area contributed by atoms with Gasteiger partial charge in [0.1, 0.15) is 5.75 Å². The molecule has 19 heavy (non-hydrogen) atoms. The van der Waals surface area contributed by atoms with Gasteiger partial charge in [-0.3, -0.25) is 9.48 Å². The number of aromatic nitrogens is 2. The molecule has 0 aliphatic heterocycles. The normalized spacial score (nSPS) is 11.1. The van der Waals surface area contributed by atoms with Crippen molar-refractivity contribution in [2.75, 3.05) is 0 Å². The second kappa shape index (κ2) is 5.52. The van der Waals surface area contributed by atoms with Crippen LogP contribution in [-0.4, -0.2) is 20.7 Å². The molecule has 4 heteroatoms. The minimum Gasteiger partial charge on any atom is -0.508 e. The van der Waals surface area contributed by atoms with Gasteiger partial charge in [-0.15, -0.1) is 0 Å². The summed E-state index contributed by atoms with van der Waals surface area (Å²) < 4.78 is 1.83. The van der Waals surface area contributed by atoms with E-state index in [4.69, 9.17) is 0 Å². The van der Waals surface area contributed by atoms with Crippen LogP contribution in [0.25, 0.3) is 6.08 Å². The van der Waals surface area contributed by atoms with Crippen molar-refractivity contribution in [3.63, 3.8) is 0 Å². The van der Waals surface area contributed by atoms with E-state index in [2.05, 4.69) is 5.10 Å². The van der Waals surface area contributed by atoms with Gasteiger partial charge in [-0.1, -0.05) is 12.1 Å². The van der Waals surface area contributed by atoms with Crippen molar-refractivity contribution in [2.45, 2.75) is 20.4 Å². The van der Waals surface area contributed by atoms with E-state index in [1.54, 1.807) is 18.2 Å². The highest BCUT2D eigenvalue weighted by molar-refractivity contribution is 6.07. The molecule has 0 aliphatic carbocycles. The Labute approximate surface area is 112 Å². The minimum absolute atomic E-state index is 0.0919. The average Bonchev–Trinajstić information content (AvgIpc) is 2.76. The molecule has 0 aliphatic rings. The van der Waals surface area contributed by atoms with Crippen molar-refractivity contribution >= 4 is 11.9 Å². The fourth-order valence-electron chi connectivity index (χ4n) is 1.78. The van der Waals surface area contributed by atoms with Crippen LogP contribution >= 0.6 is 0 Å². The van der Waals surface area contributed by atoms with E-state index in [9.17, 15) is 9.90 Å². The second-order valence-corrected chi connectivity index (χ2v) is 4.27. The lowest BCUT2D eigenvalue weighted by atomic mass is 10.1. The summed E-state index contributed by atoms with van der Waals surface area (Å²) >= 11 is 0. The molecule has 0 atom stereocenters. The van der Waals surface area contributed by atoms with Gasteiger partial charge in [-0.05, 0) is 38.1 Å². The van der Waals surface area contributed by atoms with Crippen LogP contribution in [0.5, 0.6) is 5.75 Å². The molecule has 0 spiro atoms. The standard InChI is InChI=1S/C15H16N2O2/c1-3-17-10-13(11(2)16-17)7-8-15(19)12-5-4-6-14(18)9-12/h4-10,18H,3H2,1-2H3. The van der Waals surface area contributed by atoms with Crippen LogP contribution in [0.4, 0.5) is 0 Å². The zero-order chi connectivity index (χ0) is 13.8. The number of carbonyl (C=O) groups is 1. The van der Waals surface area contributed by atoms with E-state index >= 15 is 0 Å². The van der Waals surface area contributed by atoms with Crippen LogP contribution in [0.3, 0.4) is 0 Å². The van der Waals surface area contributed by atoms with Gasteiger partial charge >= 0.3 is 0 Å². The van der Waals surface area contributed by atoms with Crippen molar-refractivity contribution < 1.29 is 9.90 Å². The highest BCUT2D eigenvalue weighted by Gasteiger charge is 2.04. The molecule has 0 fully saturated rings. The number of ketones is 1. The summed E-state index contributed by atoms with van der Waals surface area (Å²) in [7, 11) is 0. The molecule has 0 bridgehead atoms. The van der Waals surface area contributed by atoms with E-state index in [1.807, 2.05) is 24.7 Å². The van der Waals surface area contributed by atoms with E-state index in [0.717, 1.165) is 17.8 Å². The SMILES string of the molecule is CCn1cc(C=CC(=O)c2cccc(O)c2)c(C)n1. The number of nitrogens with zero attached hydrogens (tertiary/aromatic N) is 2. The summed E-state index contributed by atoms with van der Waals surface area (Å²) in [6, 6.07) is 6.32. The van der Waals surface area contributed by atoms with Gasteiger partial charge in [0.15, 0.2) is 5.78 Å². The molecule has 0 saturated heterocycles. The minimum atomic E-state index is -0.139. The number of benzene rings is 1. The summed E-state index contributed by atoms with van der Waals surface area (Å²) in [5, 5.41) is 13.6. The zero-order valence-electron chi connectivity index (χ0n) is 11.0. The Morgan fingerprint density at radius 1 is 1.47 bits per heavy atom. The molecule has 0 unspecified atom stereocenters. The molecular weight excluding hydrogens is 240 g/mol. The summed E-state index contributed by atoms with van der Waals surface area (Å²) in [4.78, 5) is 11.9. The van der Waals surface area contributed by atoms with Crippen LogP contribution in [0, 0.1) is 6.92 Å². The molecule has 0 amide bonds. The van der Waals surface area contributed by atoms with Crippen LogP contribution in [0.1, 0.15) is 28.5 Å². The predicted octanol–water partition coefficient (Wildman–Crippen LogP) is 2.81. The quantitative estimate of drug-likeness (QED) is 0.676. The average molecular weight is 256 g/mol. The Hall–Kier alpha value is -2.36. The number of aryl methyl sites for hydroxylation is 2. The summed E-state index contributed by atoms with van der Waals surface area (Å²) in [5.74, 6) is -0.0474. The fraction of sp³-hybridized carbons (Fsp3) is 0.200. The smallest absolute Gasteiger partial charge is 0.185 e. The van der Waals surface area contributed by atoms with Crippen molar-refractivity contribution in [3.8, 4) is 5.75 Å². The number of phenols is 1. The first-order valence-electron chi connectivity index (χ1n) is 6.15. The van der Waals surface area contributed by atoms with Crippen molar-refractivity contribution in [1.29, 1.82) is 0 Å². The lowest BCUT2D eigenvalue weighted by Crippen LogP contribution is -1.93. The molecule has 1 N–H and O–H groups in total. The van der Waals surface area contributed by atoms with Crippen molar-refractivity contribution in [3.05, 3.63) is 53.4 Å². The molecular formula is C15H16N2O2. The molecule has 0 radical (unpaired) electrons. The van der Waals surface area contributed by atoms with Gasteiger partial charge in [-0.25, -0.2) is 0 Å². The Morgan fingerprint density at radius 3 is 2.89 bits per heavy atom. The van der Waals surface area contributed by atoms with E-state index < -0.39 is 0 Å². The summed E-state index contributed by atoms with van der Waals surface area (Å²) in [5.41, 5.74) is 2.29. The van der Waals surface area contributed by atoms with Crippen LogP contribution < -0.4 is 0 Å². The maximum atomic E-state index is 11.9. The molecule has 0 saturated carbocycles. The first-order valence-corrected chi connectivity index (χ1v) is 6.15. The first kappa shape index (κ1) is 13.1. The third-order valence-electron chi connectivity index (χ3n) is 2.85. The molecule has 2 rings (SSSR count).